The average Bonchev–Trinajstić information content (AvgIpc) is 2.61. The molecule has 2 heteroatoms. The molecule has 0 aliphatic carbocycles. The lowest BCUT2D eigenvalue weighted by Gasteiger charge is -2.00. The lowest BCUT2D eigenvalue weighted by molar-refractivity contribution is 0.399. The van der Waals surface area contributed by atoms with Crippen molar-refractivity contribution in [1.29, 1.82) is 0 Å². The Morgan fingerprint density at radius 2 is 1.93 bits per heavy atom. The van der Waals surface area contributed by atoms with E-state index in [2.05, 4.69) is 11.7 Å². The fourth-order valence-corrected chi connectivity index (χ4v) is 1.67. The molecule has 1 aromatic carbocycles. The molecule has 0 atom stereocenters. The largest absolute Gasteiger partial charge is 0.360 e. The van der Waals surface area contributed by atoms with Gasteiger partial charge in [-0.3, -0.25) is 0 Å². The molecular weight excluding hydrogens is 186 g/mol. The van der Waals surface area contributed by atoms with E-state index in [0.29, 0.717) is 0 Å². The summed E-state index contributed by atoms with van der Waals surface area (Å²) in [5.41, 5.74) is 3.93. The normalized spacial score (nSPS) is 10.3. The third-order valence-electron chi connectivity index (χ3n) is 2.34. The summed E-state index contributed by atoms with van der Waals surface area (Å²) in [4.78, 5) is 0. The monoisotopic (exact) mass is 199 g/mol. The summed E-state index contributed by atoms with van der Waals surface area (Å²) in [5.74, 6) is 0.821. The van der Waals surface area contributed by atoms with Crippen molar-refractivity contribution in [2.24, 2.45) is 0 Å². The zero-order chi connectivity index (χ0) is 10.8. The highest BCUT2D eigenvalue weighted by molar-refractivity contribution is 5.77. The van der Waals surface area contributed by atoms with Gasteiger partial charge in [0, 0.05) is 11.1 Å². The van der Waals surface area contributed by atoms with Crippen molar-refractivity contribution in [2.75, 3.05) is 0 Å². The first kappa shape index (κ1) is 9.71. The molecule has 15 heavy (non-hydrogen) atoms. The first-order valence-corrected chi connectivity index (χ1v) is 4.87. The summed E-state index contributed by atoms with van der Waals surface area (Å²) in [5, 5.41) is 4.07. The summed E-state index contributed by atoms with van der Waals surface area (Å²) in [6.45, 7) is 7.82. The van der Waals surface area contributed by atoms with Gasteiger partial charge in [-0.1, -0.05) is 42.1 Å². The number of hydrogen-bond donors (Lipinski definition) is 0. The molecule has 0 saturated carbocycles. The number of hydrogen-bond acceptors (Lipinski definition) is 2. The van der Waals surface area contributed by atoms with Gasteiger partial charge in [-0.05, 0) is 19.4 Å². The summed E-state index contributed by atoms with van der Waals surface area (Å²) >= 11 is 0. The Kier molecular flexibility index (Phi) is 2.42. The summed E-state index contributed by atoms with van der Waals surface area (Å²) in [7, 11) is 0. The van der Waals surface area contributed by atoms with Crippen LogP contribution in [0, 0.1) is 6.92 Å². The molecule has 2 nitrogen and oxygen atoms in total. The Bertz CT molecular complexity index is 482. The van der Waals surface area contributed by atoms with Gasteiger partial charge in [-0.2, -0.15) is 0 Å². The van der Waals surface area contributed by atoms with E-state index in [1.54, 1.807) is 0 Å². The SMILES string of the molecule is C=C(C)c1c(-c2ccccc2)noc1C. The second kappa shape index (κ2) is 3.73. The van der Waals surface area contributed by atoms with Gasteiger partial charge >= 0.3 is 0 Å². The number of aromatic nitrogens is 1. The van der Waals surface area contributed by atoms with E-state index >= 15 is 0 Å². The van der Waals surface area contributed by atoms with Crippen molar-refractivity contribution in [3.63, 3.8) is 0 Å². The molecule has 0 fully saturated rings. The van der Waals surface area contributed by atoms with Crippen LogP contribution in [0.1, 0.15) is 18.2 Å². The van der Waals surface area contributed by atoms with Gasteiger partial charge in [0.25, 0.3) is 0 Å². The zero-order valence-electron chi connectivity index (χ0n) is 8.95. The van der Waals surface area contributed by atoms with E-state index in [1.165, 1.54) is 0 Å². The van der Waals surface area contributed by atoms with Crippen molar-refractivity contribution in [3.05, 3.63) is 48.2 Å². The topological polar surface area (TPSA) is 26.0 Å². The highest BCUT2D eigenvalue weighted by atomic mass is 16.5. The van der Waals surface area contributed by atoms with E-state index in [1.807, 2.05) is 44.2 Å². The van der Waals surface area contributed by atoms with Crippen LogP contribution in [0.5, 0.6) is 0 Å². The molecule has 0 unspecified atom stereocenters. The molecule has 0 spiro atoms. The maximum Gasteiger partial charge on any atom is 0.141 e. The van der Waals surface area contributed by atoms with Gasteiger partial charge in [0.15, 0.2) is 0 Å². The number of aryl methyl sites for hydroxylation is 1. The molecule has 2 aromatic rings. The van der Waals surface area contributed by atoms with Gasteiger partial charge < -0.3 is 4.52 Å². The fraction of sp³-hybridized carbons (Fsp3) is 0.154. The van der Waals surface area contributed by atoms with Gasteiger partial charge in [-0.15, -0.1) is 0 Å². The third-order valence-corrected chi connectivity index (χ3v) is 2.34. The van der Waals surface area contributed by atoms with Crippen molar-refractivity contribution in [1.82, 2.24) is 5.16 Å². The van der Waals surface area contributed by atoms with E-state index in [9.17, 15) is 0 Å². The van der Waals surface area contributed by atoms with Gasteiger partial charge in [0.2, 0.25) is 0 Å². The lowest BCUT2D eigenvalue weighted by atomic mass is 10.0. The van der Waals surface area contributed by atoms with E-state index in [-0.39, 0.29) is 0 Å². The van der Waals surface area contributed by atoms with E-state index in [4.69, 9.17) is 4.52 Å². The number of allylic oxidation sites excluding steroid dienone is 1. The van der Waals surface area contributed by atoms with Crippen LogP contribution < -0.4 is 0 Å². The molecule has 1 aromatic heterocycles. The Morgan fingerprint density at radius 3 is 2.53 bits per heavy atom. The van der Waals surface area contributed by atoms with Crippen LogP contribution >= 0.6 is 0 Å². The van der Waals surface area contributed by atoms with Crippen LogP contribution in [0.4, 0.5) is 0 Å². The third kappa shape index (κ3) is 1.71. The van der Waals surface area contributed by atoms with Crippen LogP contribution in [0.2, 0.25) is 0 Å². The Morgan fingerprint density at radius 1 is 1.27 bits per heavy atom. The van der Waals surface area contributed by atoms with Crippen molar-refractivity contribution >= 4 is 5.57 Å². The molecule has 76 valence electrons. The van der Waals surface area contributed by atoms with Gasteiger partial charge in [0.05, 0.1) is 0 Å². The average molecular weight is 199 g/mol. The Balaban J connectivity index is 2.59. The highest BCUT2D eigenvalue weighted by Gasteiger charge is 2.14. The highest BCUT2D eigenvalue weighted by Crippen LogP contribution is 2.29. The van der Waals surface area contributed by atoms with Crippen molar-refractivity contribution in [3.8, 4) is 11.3 Å². The van der Waals surface area contributed by atoms with E-state index in [0.717, 1.165) is 28.2 Å². The van der Waals surface area contributed by atoms with Crippen LogP contribution in [0.25, 0.3) is 16.8 Å². The van der Waals surface area contributed by atoms with Crippen molar-refractivity contribution < 1.29 is 4.52 Å². The molecule has 0 saturated heterocycles. The zero-order valence-corrected chi connectivity index (χ0v) is 8.95. The lowest BCUT2D eigenvalue weighted by Crippen LogP contribution is -1.84. The van der Waals surface area contributed by atoms with Crippen LogP contribution in [0.3, 0.4) is 0 Å². The molecule has 0 aliphatic heterocycles. The van der Waals surface area contributed by atoms with Crippen molar-refractivity contribution in [2.45, 2.75) is 13.8 Å². The summed E-state index contributed by atoms with van der Waals surface area (Å²) in [6, 6.07) is 9.99. The minimum absolute atomic E-state index is 0.821. The minimum Gasteiger partial charge on any atom is -0.360 e. The second-order valence-corrected chi connectivity index (χ2v) is 3.61. The summed E-state index contributed by atoms with van der Waals surface area (Å²) < 4.78 is 5.20. The van der Waals surface area contributed by atoms with Gasteiger partial charge in [0.1, 0.15) is 11.5 Å². The predicted molar refractivity (Wildman–Crippen MR) is 61.4 cm³/mol. The van der Waals surface area contributed by atoms with Crippen LogP contribution in [-0.4, -0.2) is 5.16 Å². The molecular formula is C13H13NO. The quantitative estimate of drug-likeness (QED) is 0.737. The maximum absolute atomic E-state index is 5.20. The Hall–Kier alpha value is -1.83. The maximum atomic E-state index is 5.20. The first-order chi connectivity index (χ1) is 7.20. The molecule has 1 heterocycles. The predicted octanol–water partition coefficient (Wildman–Crippen LogP) is 3.68. The molecule has 0 aliphatic rings. The minimum atomic E-state index is 0.821. The Labute approximate surface area is 89.2 Å². The molecule has 0 N–H and O–H groups in total. The van der Waals surface area contributed by atoms with Crippen LogP contribution in [0.15, 0.2) is 41.4 Å². The first-order valence-electron chi connectivity index (χ1n) is 4.87. The van der Waals surface area contributed by atoms with E-state index < -0.39 is 0 Å². The second-order valence-electron chi connectivity index (χ2n) is 3.61. The molecule has 0 bridgehead atoms. The van der Waals surface area contributed by atoms with Gasteiger partial charge in [-0.25, -0.2) is 0 Å². The number of nitrogens with zero attached hydrogens (tertiary/aromatic N) is 1. The number of benzene rings is 1. The molecule has 0 amide bonds. The standard InChI is InChI=1S/C13H13NO/c1-9(2)12-10(3)15-14-13(12)11-7-5-4-6-8-11/h4-8H,1H2,2-3H3. The fourth-order valence-electron chi connectivity index (χ4n) is 1.67. The molecule has 0 radical (unpaired) electrons. The molecule has 2 rings (SSSR count). The smallest absolute Gasteiger partial charge is 0.141 e. The van der Waals surface area contributed by atoms with Crippen LogP contribution in [-0.2, 0) is 0 Å². The number of rotatable bonds is 2. The summed E-state index contributed by atoms with van der Waals surface area (Å²) in [6.07, 6.45) is 0.